The summed E-state index contributed by atoms with van der Waals surface area (Å²) in [5.74, 6) is -1.02. The van der Waals surface area contributed by atoms with Gasteiger partial charge in [0.15, 0.2) is 0 Å². The number of halogens is 3. The molecule has 3 atom stereocenters. The van der Waals surface area contributed by atoms with Crippen LogP contribution >= 0.6 is 21.0 Å². The van der Waals surface area contributed by atoms with Crippen molar-refractivity contribution in [1.29, 1.82) is 0 Å². The lowest BCUT2D eigenvalue weighted by Gasteiger charge is -2.31. The summed E-state index contributed by atoms with van der Waals surface area (Å²) in [6.07, 6.45) is 4.71. The molecule has 0 aromatic heterocycles. The van der Waals surface area contributed by atoms with Crippen molar-refractivity contribution in [3.63, 3.8) is 0 Å². The van der Waals surface area contributed by atoms with E-state index in [2.05, 4.69) is 67.1 Å². The van der Waals surface area contributed by atoms with Crippen LogP contribution in [0.25, 0.3) is 0 Å². The van der Waals surface area contributed by atoms with Gasteiger partial charge in [-0.05, 0) is 51.1 Å². The highest BCUT2D eigenvalue weighted by Crippen LogP contribution is 2.36. The van der Waals surface area contributed by atoms with Crippen molar-refractivity contribution >= 4 is 36.4 Å². The molecular formula is C30H45F2IN4O. The lowest BCUT2D eigenvalue weighted by molar-refractivity contribution is -0.129. The van der Waals surface area contributed by atoms with Gasteiger partial charge in [-0.2, -0.15) is 0 Å². The Morgan fingerprint density at radius 1 is 1.21 bits per heavy atom. The molecule has 5 nitrogen and oxygen atoms in total. The average Bonchev–Trinajstić information content (AvgIpc) is 3.47. The summed E-state index contributed by atoms with van der Waals surface area (Å²) in [6, 6.07) is 11.5. The minimum absolute atomic E-state index is 0.0598. The maximum absolute atomic E-state index is 13.6. The van der Waals surface area contributed by atoms with Crippen molar-refractivity contribution in [3.05, 3.63) is 35.9 Å². The molecule has 1 amide bonds. The van der Waals surface area contributed by atoms with Gasteiger partial charge < -0.3 is 10.2 Å². The van der Waals surface area contributed by atoms with Crippen LogP contribution in [0.15, 0.2) is 33.5 Å². The molecule has 3 unspecified atom stereocenters. The van der Waals surface area contributed by atoms with Crippen molar-refractivity contribution in [2.45, 2.75) is 103 Å². The fourth-order valence-electron chi connectivity index (χ4n) is 6.31. The number of hydrogen-bond acceptors (Lipinski definition) is 4. The van der Waals surface area contributed by atoms with E-state index in [9.17, 15) is 13.6 Å². The molecule has 1 aromatic carbocycles. The first kappa shape index (κ1) is 29.6. The number of nitrogens with one attached hydrogen (secondary N) is 1. The SMILES string of the molecule is CCCC1CC(N2C(C)=NI=C2C(C)C)CN1CCC(CNC(=O)C1CCC(F)(F)CC1)c1ccccc1. The number of rotatable bonds is 11. The van der Waals surface area contributed by atoms with E-state index < -0.39 is 5.92 Å². The maximum Gasteiger partial charge on any atom is 0.248 e. The van der Waals surface area contributed by atoms with E-state index in [-0.39, 0.29) is 64.4 Å². The monoisotopic (exact) mass is 642 g/mol. The number of hydrogen-bond donors (Lipinski definition) is 1. The molecule has 0 spiro atoms. The molecule has 2 aliphatic heterocycles. The smallest absolute Gasteiger partial charge is 0.248 e. The van der Waals surface area contributed by atoms with E-state index in [0.717, 1.165) is 19.5 Å². The van der Waals surface area contributed by atoms with Crippen molar-refractivity contribution in [2.75, 3.05) is 19.6 Å². The Morgan fingerprint density at radius 3 is 2.58 bits per heavy atom. The zero-order valence-electron chi connectivity index (χ0n) is 23.4. The van der Waals surface area contributed by atoms with Crippen LogP contribution in [0.4, 0.5) is 8.78 Å². The molecule has 3 aliphatic rings. The highest BCUT2D eigenvalue weighted by atomic mass is 127. The molecule has 1 saturated heterocycles. The van der Waals surface area contributed by atoms with Crippen LogP contribution in [0.5, 0.6) is 0 Å². The number of amidine groups is 1. The van der Waals surface area contributed by atoms with Gasteiger partial charge in [0.25, 0.3) is 0 Å². The molecule has 212 valence electrons. The summed E-state index contributed by atoms with van der Waals surface area (Å²) in [7, 11) is 0. The molecule has 0 radical (unpaired) electrons. The second-order valence-corrected chi connectivity index (χ2v) is 13.7. The fourth-order valence-corrected chi connectivity index (χ4v) is 8.67. The van der Waals surface area contributed by atoms with Crippen LogP contribution in [0.2, 0.25) is 0 Å². The molecular weight excluding hydrogens is 597 g/mol. The second kappa shape index (κ2) is 13.3. The summed E-state index contributed by atoms with van der Waals surface area (Å²) in [5.41, 5.74) is 1.23. The highest BCUT2D eigenvalue weighted by molar-refractivity contribution is 14.2. The molecule has 1 aliphatic carbocycles. The molecule has 38 heavy (non-hydrogen) atoms. The van der Waals surface area contributed by atoms with E-state index in [1.807, 2.05) is 6.07 Å². The molecule has 1 aromatic rings. The van der Waals surface area contributed by atoms with E-state index >= 15 is 0 Å². The number of likely N-dealkylation sites (tertiary alicyclic amines) is 1. The third-order valence-electron chi connectivity index (χ3n) is 8.45. The zero-order valence-corrected chi connectivity index (χ0v) is 25.6. The Balaban J connectivity index is 1.39. The highest BCUT2D eigenvalue weighted by Gasteiger charge is 2.39. The van der Waals surface area contributed by atoms with E-state index in [0.29, 0.717) is 24.5 Å². The summed E-state index contributed by atoms with van der Waals surface area (Å²) in [6.45, 7) is 11.6. The number of carbonyl (C=O) groups excluding carboxylic acids is 1. The summed E-state index contributed by atoms with van der Waals surface area (Å²) >= 11 is -0.242. The van der Waals surface area contributed by atoms with Gasteiger partial charge >= 0.3 is 0 Å². The van der Waals surface area contributed by atoms with Gasteiger partial charge in [0.05, 0.1) is 3.63 Å². The maximum atomic E-state index is 13.6. The van der Waals surface area contributed by atoms with Gasteiger partial charge in [0, 0.05) is 76.8 Å². The predicted molar refractivity (Wildman–Crippen MR) is 161 cm³/mol. The number of amides is 1. The predicted octanol–water partition coefficient (Wildman–Crippen LogP) is 6.75. The molecule has 1 N–H and O–H groups in total. The minimum atomic E-state index is -2.61. The lowest BCUT2D eigenvalue weighted by Crippen LogP contribution is -2.44. The molecule has 4 rings (SSSR count). The quantitative estimate of drug-likeness (QED) is 0.272. The average molecular weight is 643 g/mol. The van der Waals surface area contributed by atoms with E-state index in [1.165, 1.54) is 30.7 Å². The van der Waals surface area contributed by atoms with Gasteiger partial charge in [-0.1, -0.05) is 57.5 Å². The van der Waals surface area contributed by atoms with Crippen LogP contribution in [0, 0.1) is 11.8 Å². The Hall–Kier alpha value is -1.42. The summed E-state index contributed by atoms with van der Waals surface area (Å²) < 4.78 is 33.6. The lowest BCUT2D eigenvalue weighted by atomic mass is 9.86. The van der Waals surface area contributed by atoms with Gasteiger partial charge in [-0.15, -0.1) is 0 Å². The molecule has 0 bridgehead atoms. The fraction of sp³-hybridized carbons (Fsp3) is 0.700. The Morgan fingerprint density at radius 2 is 1.92 bits per heavy atom. The van der Waals surface area contributed by atoms with E-state index in [4.69, 9.17) is 3.21 Å². The van der Waals surface area contributed by atoms with Crippen molar-refractivity contribution < 1.29 is 13.6 Å². The molecule has 1 saturated carbocycles. The van der Waals surface area contributed by atoms with Crippen molar-refractivity contribution in [3.8, 4) is 0 Å². The van der Waals surface area contributed by atoms with Gasteiger partial charge in [-0.25, -0.2) is 12.0 Å². The van der Waals surface area contributed by atoms with Crippen LogP contribution in [0.3, 0.4) is 0 Å². The Bertz CT molecular complexity index is 989. The number of benzene rings is 1. The summed E-state index contributed by atoms with van der Waals surface area (Å²) in [5, 5.41) is 3.14. The van der Waals surface area contributed by atoms with Gasteiger partial charge in [0.2, 0.25) is 11.8 Å². The standard InChI is InChI=1S/C30H45F2IN4O/c1-5-9-26-18-27(37-22(4)35-33-28(37)21(2)3)20-36(26)17-14-25(23-10-7-6-8-11-23)19-34-29(38)24-12-15-30(31,32)16-13-24/h6-8,10-11,21,24-27H,5,9,12-20H2,1-4H3,(H,34,38). The van der Waals surface area contributed by atoms with Crippen LogP contribution in [-0.2, 0) is 4.79 Å². The Kier molecular flexibility index (Phi) is 10.3. The Labute approximate surface area is 237 Å². The molecule has 8 heteroatoms. The van der Waals surface area contributed by atoms with Crippen LogP contribution < -0.4 is 5.32 Å². The second-order valence-electron chi connectivity index (χ2n) is 11.7. The normalized spacial score (nSPS) is 25.2. The largest absolute Gasteiger partial charge is 0.355 e. The molecule has 2 fully saturated rings. The van der Waals surface area contributed by atoms with Crippen LogP contribution in [-0.4, -0.2) is 62.8 Å². The van der Waals surface area contributed by atoms with Crippen LogP contribution in [0.1, 0.15) is 90.5 Å². The number of alkyl halides is 2. The number of nitrogens with zero attached hydrogens (tertiary/aromatic N) is 3. The third kappa shape index (κ3) is 7.40. The van der Waals surface area contributed by atoms with Gasteiger partial charge in [0.1, 0.15) is 5.84 Å². The molecule has 2 heterocycles. The zero-order chi connectivity index (χ0) is 27.3. The summed E-state index contributed by atoms with van der Waals surface area (Å²) in [4.78, 5) is 18.1. The van der Waals surface area contributed by atoms with Crippen molar-refractivity contribution in [1.82, 2.24) is 15.1 Å². The number of carbonyl (C=O) groups is 1. The van der Waals surface area contributed by atoms with Crippen molar-refractivity contribution in [2.24, 2.45) is 15.0 Å². The van der Waals surface area contributed by atoms with E-state index in [1.54, 1.807) is 3.63 Å². The first-order chi connectivity index (χ1) is 18.2. The minimum Gasteiger partial charge on any atom is -0.355 e. The first-order valence-corrected chi connectivity index (χ1v) is 16.5. The topological polar surface area (TPSA) is 47.9 Å². The first-order valence-electron chi connectivity index (χ1n) is 14.5. The third-order valence-corrected chi connectivity index (χ3v) is 11.6. The van der Waals surface area contributed by atoms with Gasteiger partial charge in [-0.3, -0.25) is 9.69 Å².